The summed E-state index contributed by atoms with van der Waals surface area (Å²) in [6.07, 6.45) is 10.3. The van der Waals surface area contributed by atoms with Gasteiger partial charge in [-0.25, -0.2) is 9.59 Å². The van der Waals surface area contributed by atoms with Gasteiger partial charge in [-0.3, -0.25) is 28.8 Å². The summed E-state index contributed by atoms with van der Waals surface area (Å²) >= 11 is 0. The summed E-state index contributed by atoms with van der Waals surface area (Å²) in [5, 5.41) is 28.5. The van der Waals surface area contributed by atoms with Crippen LogP contribution in [0.15, 0.2) is 117 Å². The molecule has 0 fully saturated rings. The van der Waals surface area contributed by atoms with Gasteiger partial charge < -0.3 is 60.7 Å². The van der Waals surface area contributed by atoms with E-state index in [4.69, 9.17) is 39.9 Å². The maximum atomic E-state index is 14.3. The van der Waals surface area contributed by atoms with Crippen LogP contribution in [0.3, 0.4) is 0 Å². The lowest BCUT2D eigenvalue weighted by Gasteiger charge is -2.30. The molecule has 0 spiro atoms. The van der Waals surface area contributed by atoms with Crippen molar-refractivity contribution in [3.05, 3.63) is 117 Å². The molecule has 4 rings (SSSR count). The Bertz CT molecular complexity index is 2560. The normalized spacial score (nSPS) is 32.3. The summed E-state index contributed by atoms with van der Waals surface area (Å²) in [6, 6.07) is 0. The number of ketones is 4. The standard InChI is InChI=1S/C63H88N4O16/c1-34-26-44-42(48(68)32-46(56(44)72)66-60(74)36(3)20-18-24-50(78-9)58(82-62(64)76)40(7)30-38(5)54(70)52(28-34)80-11)22-16-14-13-15-17-23-43-45-27-35(2)29-53(81-12)55(71)39(6)31-41(8)59(83-63(65)77)51(79-10)25-19-21-37(4)61(75)67-47(57(45)73)33-49(43)69/h18-21,24-25,30-35,38-39,50-55,58-59,70-71H,13-17,22-23,26-29H2,1-12H3,(H2,64,76)(H2,65,77)(H,66,74)(H,67,75)/b24-18-,25-19-,36-20+,37-21+,40-30+,41-31+/t34-,35-,38+,39+,50+,51?,52+,53+,54-,55-,58?,59+/m1/s1. The highest BCUT2D eigenvalue weighted by Crippen LogP contribution is 2.34. The first kappa shape index (κ1) is 68.8. The summed E-state index contributed by atoms with van der Waals surface area (Å²) < 4.78 is 33.8. The van der Waals surface area contributed by atoms with Gasteiger partial charge in [-0.2, -0.15) is 0 Å². The Hall–Kier alpha value is -6.68. The van der Waals surface area contributed by atoms with E-state index in [2.05, 4.69) is 10.6 Å². The number of ether oxygens (including phenoxy) is 6. The molecule has 83 heavy (non-hydrogen) atoms. The molecule has 4 bridgehead atoms. The number of allylic oxidation sites excluding steroid dienone is 10. The van der Waals surface area contributed by atoms with Gasteiger partial charge in [-0.15, -0.1) is 0 Å². The van der Waals surface area contributed by atoms with Crippen molar-refractivity contribution in [3.8, 4) is 0 Å². The van der Waals surface area contributed by atoms with Gasteiger partial charge in [0, 0.05) is 85.9 Å². The first-order valence-electron chi connectivity index (χ1n) is 28.4. The van der Waals surface area contributed by atoms with Crippen LogP contribution in [0.1, 0.15) is 126 Å². The Balaban J connectivity index is 1.56. The fraction of sp³-hybridized carbons (Fsp3) is 0.556. The Morgan fingerprint density at radius 2 is 0.904 bits per heavy atom. The molecule has 4 amide bonds. The zero-order valence-corrected chi connectivity index (χ0v) is 50.2. The van der Waals surface area contributed by atoms with Crippen LogP contribution in [0.25, 0.3) is 0 Å². The van der Waals surface area contributed by atoms with Gasteiger partial charge in [0.1, 0.15) is 12.2 Å². The molecule has 2 aliphatic heterocycles. The minimum Gasteiger partial charge on any atom is -0.439 e. The Kier molecular flexibility index (Phi) is 27.3. The van der Waals surface area contributed by atoms with Crippen LogP contribution in [0, 0.1) is 23.7 Å². The maximum Gasteiger partial charge on any atom is 0.405 e. The average molecular weight is 1160 g/mol. The molecule has 2 aliphatic carbocycles. The van der Waals surface area contributed by atoms with E-state index in [1.165, 1.54) is 66.6 Å². The number of hydrogen-bond donors (Lipinski definition) is 6. The molecule has 0 saturated carbocycles. The van der Waals surface area contributed by atoms with Gasteiger partial charge in [0.2, 0.25) is 11.6 Å². The first-order chi connectivity index (χ1) is 39.3. The lowest BCUT2D eigenvalue weighted by molar-refractivity contribution is -0.120. The molecular weight excluding hydrogens is 1070 g/mol. The van der Waals surface area contributed by atoms with E-state index in [9.17, 15) is 48.6 Å². The predicted molar refractivity (Wildman–Crippen MR) is 311 cm³/mol. The molecule has 0 aromatic carbocycles. The smallest absolute Gasteiger partial charge is 0.405 e. The summed E-state index contributed by atoms with van der Waals surface area (Å²) in [5.41, 5.74) is 13.3. The van der Waals surface area contributed by atoms with Crippen LogP contribution in [0.2, 0.25) is 0 Å². The fourth-order valence-corrected chi connectivity index (χ4v) is 11.0. The van der Waals surface area contributed by atoms with Crippen molar-refractivity contribution in [2.24, 2.45) is 35.1 Å². The van der Waals surface area contributed by atoms with Crippen LogP contribution >= 0.6 is 0 Å². The molecule has 2 heterocycles. The molecule has 4 aliphatic rings. The number of primary amides is 2. The largest absolute Gasteiger partial charge is 0.439 e. The van der Waals surface area contributed by atoms with Crippen LogP contribution in [-0.4, -0.2) is 135 Å². The minimum absolute atomic E-state index is 0.148. The van der Waals surface area contributed by atoms with Gasteiger partial charge in [0.15, 0.2) is 23.8 Å². The Morgan fingerprint density at radius 3 is 1.23 bits per heavy atom. The summed E-state index contributed by atoms with van der Waals surface area (Å²) in [6.45, 7) is 13.9. The van der Waals surface area contributed by atoms with Crippen LogP contribution in [0.5, 0.6) is 0 Å². The van der Waals surface area contributed by atoms with Crippen molar-refractivity contribution in [1.82, 2.24) is 10.6 Å². The molecule has 20 nitrogen and oxygen atoms in total. The number of hydrogen-bond acceptors (Lipinski definition) is 16. The number of carbonyl (C=O) groups is 8. The third kappa shape index (κ3) is 19.7. The van der Waals surface area contributed by atoms with Crippen molar-refractivity contribution in [2.45, 2.75) is 175 Å². The van der Waals surface area contributed by atoms with E-state index >= 15 is 0 Å². The highest BCUT2D eigenvalue weighted by Gasteiger charge is 2.36. The van der Waals surface area contributed by atoms with Gasteiger partial charge in [-0.1, -0.05) is 95.6 Å². The van der Waals surface area contributed by atoms with E-state index in [-0.39, 0.29) is 71.2 Å². The maximum absolute atomic E-state index is 14.3. The number of fused-ring (bicyclic) bond motifs is 4. The van der Waals surface area contributed by atoms with Crippen LogP contribution < -0.4 is 22.1 Å². The summed E-state index contributed by atoms with van der Waals surface area (Å²) in [5.74, 6) is -4.64. The molecule has 0 aromatic heterocycles. The second-order valence-electron chi connectivity index (χ2n) is 22.3. The molecule has 0 aromatic rings. The number of nitrogens with one attached hydrogen (secondary N) is 2. The molecule has 0 saturated heterocycles. The van der Waals surface area contributed by atoms with Crippen LogP contribution in [0.4, 0.5) is 9.59 Å². The second kappa shape index (κ2) is 33.0. The summed E-state index contributed by atoms with van der Waals surface area (Å²) in [7, 11) is 5.79. The number of aliphatic hydroxyl groups is 2. The third-order valence-corrected chi connectivity index (χ3v) is 15.7. The molecule has 8 N–H and O–H groups in total. The average Bonchev–Trinajstić information content (AvgIpc) is 3.60. The van der Waals surface area contributed by atoms with Crippen molar-refractivity contribution in [1.29, 1.82) is 0 Å². The van der Waals surface area contributed by atoms with E-state index in [1.807, 2.05) is 13.8 Å². The van der Waals surface area contributed by atoms with Crippen LogP contribution in [-0.2, 0) is 57.2 Å². The quantitative estimate of drug-likeness (QED) is 0.0562. The van der Waals surface area contributed by atoms with E-state index in [0.29, 0.717) is 67.2 Å². The number of carbonyl (C=O) groups excluding carboxylic acids is 8. The molecular formula is C63H88N4O16. The number of aliphatic hydroxyl groups excluding tert-OH is 2. The molecule has 456 valence electrons. The highest BCUT2D eigenvalue weighted by molar-refractivity contribution is 6.24. The van der Waals surface area contributed by atoms with E-state index < -0.39 is 108 Å². The van der Waals surface area contributed by atoms with Crippen molar-refractivity contribution < 1.29 is 77.0 Å². The van der Waals surface area contributed by atoms with Gasteiger partial charge in [-0.05, 0) is 102 Å². The summed E-state index contributed by atoms with van der Waals surface area (Å²) in [4.78, 5) is 108. The highest BCUT2D eigenvalue weighted by atomic mass is 16.6. The minimum atomic E-state index is -1.04. The number of unbranched alkanes of at least 4 members (excludes halogenated alkanes) is 4. The van der Waals surface area contributed by atoms with Crippen molar-refractivity contribution >= 4 is 47.1 Å². The van der Waals surface area contributed by atoms with Gasteiger partial charge in [0.25, 0.3) is 11.8 Å². The lowest BCUT2D eigenvalue weighted by atomic mass is 9.82. The fourth-order valence-electron chi connectivity index (χ4n) is 11.0. The molecule has 2 unspecified atom stereocenters. The predicted octanol–water partition coefficient (Wildman–Crippen LogP) is 7.35. The molecule has 20 heteroatoms. The topological polar surface area (TPSA) is 308 Å². The number of nitrogens with two attached hydrogens (primary N) is 2. The first-order valence-corrected chi connectivity index (χ1v) is 28.4. The second-order valence-corrected chi connectivity index (χ2v) is 22.3. The van der Waals surface area contributed by atoms with Crippen molar-refractivity contribution in [3.63, 3.8) is 0 Å². The lowest BCUT2D eigenvalue weighted by Crippen LogP contribution is -2.37. The number of amides is 4. The zero-order valence-electron chi connectivity index (χ0n) is 50.2. The van der Waals surface area contributed by atoms with Gasteiger partial charge >= 0.3 is 12.2 Å². The number of rotatable bonds is 14. The number of Topliss-reactive ketones (excluding diaryl/α,β-unsaturated/α-hetero) is 2. The monoisotopic (exact) mass is 1160 g/mol. The SMILES string of the molecule is COC1/C=C\C=C(/C)C(=O)NC2=CC(=O)C(CCCCCCCC3=C4C[C@@H](C)C[C@H](OC)[C@H](O)[C@@H](C)/C=C(\C)C(OC(N)=O)[C@@H](OC)/C=C\C=C(/C)C(=O)NC(=CC3=O)C4=O)=C(C[C@@H](C)C[C@H](OC)[C@H](O)[C@@H](C)/C=C(\C)[C@@H]1OC(N)=O)C2=O. The zero-order chi connectivity index (χ0) is 61.8. The van der Waals surface area contributed by atoms with Crippen molar-refractivity contribution in [2.75, 3.05) is 28.4 Å². The van der Waals surface area contributed by atoms with E-state index in [0.717, 1.165) is 12.2 Å². The Morgan fingerprint density at radius 1 is 0.554 bits per heavy atom. The molecule has 12 atom stereocenters. The van der Waals surface area contributed by atoms with E-state index in [1.54, 1.807) is 52.0 Å². The Labute approximate surface area is 488 Å². The van der Waals surface area contributed by atoms with Gasteiger partial charge in [0.05, 0.1) is 35.8 Å². The third-order valence-electron chi connectivity index (χ3n) is 15.7. The number of methoxy groups -OCH3 is 4. The molecule has 0 radical (unpaired) electrons.